The summed E-state index contributed by atoms with van der Waals surface area (Å²) in [5.74, 6) is 1.17. The molecule has 3 atom stereocenters. The lowest BCUT2D eigenvalue weighted by Crippen LogP contribution is -2.31. The number of carbonyl (C=O) groups is 3. The van der Waals surface area contributed by atoms with Gasteiger partial charge in [-0.15, -0.1) is 9.35 Å². The van der Waals surface area contributed by atoms with Crippen LogP contribution in [0.1, 0.15) is 44.9 Å². The smallest absolute Gasteiger partial charge is 0.305 e. The van der Waals surface area contributed by atoms with Crippen LogP contribution in [0.4, 0.5) is 0 Å². The number of rotatable bonds is 4. The Labute approximate surface area is 141 Å². The maximum absolute atomic E-state index is 11.0. The average molecular weight is 361 g/mol. The zero-order valence-corrected chi connectivity index (χ0v) is 14.7. The van der Waals surface area contributed by atoms with Crippen molar-refractivity contribution >= 4 is 27.9 Å². The quantitative estimate of drug-likeness (QED) is 0.543. The predicted octanol–water partition coefficient (Wildman–Crippen LogP) is 1.01. The molecular weight excluding hydrogens is 338 g/mol. The summed E-state index contributed by atoms with van der Waals surface area (Å²) in [4.78, 5) is 32.6. The Hall–Kier alpha value is -1.48. The van der Waals surface area contributed by atoms with Crippen molar-refractivity contribution in [1.29, 1.82) is 0 Å². The Morgan fingerprint density at radius 3 is 2.21 bits per heavy atom. The summed E-state index contributed by atoms with van der Waals surface area (Å²) < 4.78 is 29.8. The lowest BCUT2D eigenvalue weighted by Gasteiger charge is -2.19. The third-order valence-electron chi connectivity index (χ3n) is 4.76. The van der Waals surface area contributed by atoms with Crippen LogP contribution in [0.2, 0.25) is 0 Å². The van der Waals surface area contributed by atoms with Crippen LogP contribution >= 0.6 is 0 Å². The second-order valence-corrected chi connectivity index (χ2v) is 8.13. The molecule has 1 saturated heterocycles. The number of hydroxylamine groups is 2. The van der Waals surface area contributed by atoms with Gasteiger partial charge in [0.2, 0.25) is 0 Å². The number of nitrogens with zero attached hydrogens (tertiary/aromatic N) is 1. The van der Waals surface area contributed by atoms with Gasteiger partial charge in [0.1, 0.15) is 0 Å². The number of fused-ring (bicyclic) bond motifs is 2. The van der Waals surface area contributed by atoms with Gasteiger partial charge in [-0.05, 0) is 37.0 Å². The van der Waals surface area contributed by atoms with Crippen molar-refractivity contribution in [2.24, 2.45) is 17.8 Å². The minimum absolute atomic E-state index is 0.00829. The first-order valence-electron chi connectivity index (χ1n) is 8.01. The van der Waals surface area contributed by atoms with E-state index in [1.54, 1.807) is 0 Å². The lowest BCUT2D eigenvalue weighted by molar-refractivity contribution is -0.163. The Morgan fingerprint density at radius 1 is 1.17 bits per heavy atom. The van der Waals surface area contributed by atoms with Crippen LogP contribution in [-0.4, -0.2) is 44.6 Å². The number of ether oxygens (including phenoxy) is 1. The van der Waals surface area contributed by atoms with Gasteiger partial charge in [0.25, 0.3) is 21.9 Å². The normalized spacial score (nSPS) is 28.8. The highest BCUT2D eigenvalue weighted by Crippen LogP contribution is 2.49. The number of hydrogen-bond acceptors (Lipinski definition) is 7. The number of hydrogen-bond donors (Lipinski definition) is 0. The van der Waals surface area contributed by atoms with Crippen LogP contribution < -0.4 is 0 Å². The van der Waals surface area contributed by atoms with Gasteiger partial charge in [-0.25, -0.2) is 0 Å². The molecule has 0 N–H and O–H groups in total. The second-order valence-electron chi connectivity index (χ2n) is 6.58. The summed E-state index contributed by atoms with van der Waals surface area (Å²) in [6, 6.07) is 0. The monoisotopic (exact) mass is 361 g/mol. The van der Waals surface area contributed by atoms with Gasteiger partial charge in [0.15, 0.2) is 0 Å². The summed E-state index contributed by atoms with van der Waals surface area (Å²) in [7, 11) is -2.31. The average Bonchev–Trinajstić information content (AvgIpc) is 3.19. The minimum atomic E-state index is -3.79. The highest BCUT2D eigenvalue weighted by molar-refractivity contribution is 7.85. The van der Waals surface area contributed by atoms with E-state index >= 15 is 0 Å². The van der Waals surface area contributed by atoms with Crippen molar-refractivity contribution < 1.29 is 31.8 Å². The number of esters is 1. The van der Waals surface area contributed by atoms with E-state index in [1.165, 1.54) is 32.8 Å². The molecule has 0 aromatic rings. The molecule has 2 amide bonds. The molecule has 1 heterocycles. The van der Waals surface area contributed by atoms with Crippen molar-refractivity contribution in [2.75, 3.05) is 13.4 Å². The molecule has 24 heavy (non-hydrogen) atoms. The van der Waals surface area contributed by atoms with Gasteiger partial charge < -0.3 is 4.74 Å². The van der Waals surface area contributed by atoms with Crippen molar-refractivity contribution in [3.05, 3.63) is 0 Å². The van der Waals surface area contributed by atoms with Gasteiger partial charge in [0, 0.05) is 19.3 Å². The second kappa shape index (κ2) is 7.60. The topological polar surface area (TPSA) is 107 Å². The van der Waals surface area contributed by atoms with E-state index in [0.29, 0.717) is 12.3 Å². The van der Waals surface area contributed by atoms with Crippen LogP contribution in [-0.2, 0) is 33.5 Å². The standard InChI is InChI=1S/C10H16O2.C5H7NO5S/c1-12-10(11)6-9-5-7-2-3-8(9)4-7;1-12(9,10)11-6-4(7)2-3-5(6)8/h7-9H,2-6H2,1H3;2-3H2,1H3. The molecule has 0 aromatic carbocycles. The van der Waals surface area contributed by atoms with Gasteiger partial charge in [-0.3, -0.25) is 14.4 Å². The van der Waals surface area contributed by atoms with Crippen molar-refractivity contribution in [3.8, 4) is 0 Å². The Kier molecular flexibility index (Phi) is 5.97. The van der Waals surface area contributed by atoms with Gasteiger partial charge in [-0.1, -0.05) is 6.42 Å². The number of methoxy groups -OCH3 is 1. The van der Waals surface area contributed by atoms with Crippen LogP contribution in [0.15, 0.2) is 0 Å². The molecule has 2 aliphatic carbocycles. The summed E-state index contributed by atoms with van der Waals surface area (Å²) in [5, 5.41) is 0.287. The third-order valence-corrected chi connectivity index (χ3v) is 5.18. The molecule has 3 rings (SSSR count). The summed E-state index contributed by atoms with van der Waals surface area (Å²) in [5.41, 5.74) is 0. The van der Waals surface area contributed by atoms with E-state index in [4.69, 9.17) is 0 Å². The van der Waals surface area contributed by atoms with E-state index in [1.807, 2.05) is 0 Å². The van der Waals surface area contributed by atoms with Crippen molar-refractivity contribution in [1.82, 2.24) is 5.06 Å². The van der Waals surface area contributed by atoms with Crippen molar-refractivity contribution in [3.63, 3.8) is 0 Å². The lowest BCUT2D eigenvalue weighted by atomic mass is 9.86. The molecule has 3 unspecified atom stereocenters. The van der Waals surface area contributed by atoms with E-state index in [2.05, 4.69) is 9.02 Å². The fourth-order valence-corrected chi connectivity index (χ4v) is 4.14. The number of carbonyl (C=O) groups excluding carboxylic acids is 3. The molecule has 9 heteroatoms. The highest BCUT2D eigenvalue weighted by Gasteiger charge is 2.40. The highest BCUT2D eigenvalue weighted by atomic mass is 32.2. The molecule has 2 saturated carbocycles. The number of amides is 2. The fourth-order valence-electron chi connectivity index (χ4n) is 3.70. The third kappa shape index (κ3) is 5.01. The first-order chi connectivity index (χ1) is 11.2. The maximum atomic E-state index is 11.0. The molecular formula is C15H23NO7S. The number of imide groups is 1. The SMILES string of the molecule is COC(=O)CC1CC2CCC1C2.CS(=O)(=O)ON1C(=O)CCC1=O. The van der Waals surface area contributed by atoms with Crippen LogP contribution in [0.25, 0.3) is 0 Å². The molecule has 8 nitrogen and oxygen atoms in total. The molecule has 2 bridgehead atoms. The van der Waals surface area contributed by atoms with Crippen molar-refractivity contribution in [2.45, 2.75) is 44.9 Å². The molecule has 0 aromatic heterocycles. The first-order valence-corrected chi connectivity index (χ1v) is 9.83. The maximum Gasteiger partial charge on any atom is 0.305 e. The predicted molar refractivity (Wildman–Crippen MR) is 82.6 cm³/mol. The van der Waals surface area contributed by atoms with E-state index < -0.39 is 21.9 Å². The Balaban J connectivity index is 0.000000174. The van der Waals surface area contributed by atoms with Gasteiger partial charge in [0.05, 0.1) is 13.4 Å². The Morgan fingerprint density at radius 2 is 1.79 bits per heavy atom. The molecule has 0 radical (unpaired) electrons. The van der Waals surface area contributed by atoms with E-state index in [-0.39, 0.29) is 23.9 Å². The first kappa shape index (κ1) is 18.9. The summed E-state index contributed by atoms with van der Waals surface area (Å²) >= 11 is 0. The van der Waals surface area contributed by atoms with E-state index in [0.717, 1.165) is 18.1 Å². The zero-order chi connectivity index (χ0) is 17.9. The molecule has 0 spiro atoms. The molecule has 3 aliphatic rings. The Bertz CT molecular complexity index is 599. The minimum Gasteiger partial charge on any atom is -0.469 e. The van der Waals surface area contributed by atoms with Crippen LogP contribution in [0.3, 0.4) is 0 Å². The van der Waals surface area contributed by atoms with Crippen LogP contribution in [0.5, 0.6) is 0 Å². The van der Waals surface area contributed by atoms with Gasteiger partial charge in [-0.2, -0.15) is 8.42 Å². The molecule has 1 aliphatic heterocycles. The van der Waals surface area contributed by atoms with E-state index in [9.17, 15) is 22.8 Å². The fraction of sp³-hybridized carbons (Fsp3) is 0.800. The summed E-state index contributed by atoms with van der Waals surface area (Å²) in [6.45, 7) is 0. The summed E-state index contributed by atoms with van der Waals surface area (Å²) in [6.07, 6.45) is 6.86. The molecule has 136 valence electrons. The largest absolute Gasteiger partial charge is 0.469 e. The molecule has 3 fully saturated rings. The van der Waals surface area contributed by atoms with Crippen LogP contribution in [0, 0.1) is 17.8 Å². The van der Waals surface area contributed by atoms with Gasteiger partial charge >= 0.3 is 5.97 Å². The zero-order valence-electron chi connectivity index (χ0n) is 13.9.